The molecule has 1 fully saturated rings. The van der Waals surface area contributed by atoms with Gasteiger partial charge in [-0.05, 0) is 6.92 Å². The lowest BCUT2D eigenvalue weighted by molar-refractivity contribution is 0.0850. The van der Waals surface area contributed by atoms with Gasteiger partial charge in [0, 0.05) is 41.0 Å². The van der Waals surface area contributed by atoms with Gasteiger partial charge in [0.15, 0.2) is 5.78 Å². The zero-order valence-electron chi connectivity index (χ0n) is 9.96. The van der Waals surface area contributed by atoms with Gasteiger partial charge in [0.25, 0.3) is 0 Å². The molecule has 0 spiro atoms. The number of Topliss-reactive ketones (excluding diaryl/α,β-unsaturated/α-hetero) is 1. The minimum atomic E-state index is -0.688. The van der Waals surface area contributed by atoms with Crippen LogP contribution in [0.2, 0.25) is 0 Å². The number of benzene rings is 1. The zero-order chi connectivity index (χ0) is 12.3. The fourth-order valence-corrected chi connectivity index (χ4v) is 3.13. The van der Waals surface area contributed by atoms with Gasteiger partial charge in [-0.3, -0.25) is 13.9 Å². The molecule has 92 valence electrons. The van der Waals surface area contributed by atoms with Gasteiger partial charge >= 0.3 is 0 Å². The molecular formula is C13H17NO2S. The summed E-state index contributed by atoms with van der Waals surface area (Å²) in [6.07, 6.45) is 0. The van der Waals surface area contributed by atoms with Crippen LogP contribution in [0.4, 0.5) is 0 Å². The van der Waals surface area contributed by atoms with Crippen molar-refractivity contribution in [3.05, 3.63) is 35.9 Å². The van der Waals surface area contributed by atoms with Crippen LogP contribution in [0.5, 0.6) is 0 Å². The molecule has 0 aromatic heterocycles. The maximum atomic E-state index is 12.2. The number of ketones is 1. The predicted molar refractivity (Wildman–Crippen MR) is 69.7 cm³/mol. The van der Waals surface area contributed by atoms with Crippen molar-refractivity contribution >= 4 is 16.6 Å². The second-order valence-electron chi connectivity index (χ2n) is 4.29. The van der Waals surface area contributed by atoms with Gasteiger partial charge in [0.2, 0.25) is 0 Å². The third-order valence-corrected chi connectivity index (χ3v) is 4.47. The minimum Gasteiger partial charge on any atom is -0.292 e. The van der Waals surface area contributed by atoms with E-state index in [1.165, 1.54) is 0 Å². The summed E-state index contributed by atoms with van der Waals surface area (Å²) in [6, 6.07) is 9.25. The van der Waals surface area contributed by atoms with Crippen molar-refractivity contribution in [1.82, 2.24) is 4.90 Å². The predicted octanol–water partition coefficient (Wildman–Crippen LogP) is 1.32. The van der Waals surface area contributed by atoms with Crippen LogP contribution in [0.25, 0.3) is 0 Å². The summed E-state index contributed by atoms with van der Waals surface area (Å²) in [5.41, 5.74) is 0.756. The lowest BCUT2D eigenvalue weighted by Crippen LogP contribution is -2.46. The van der Waals surface area contributed by atoms with E-state index >= 15 is 0 Å². The second kappa shape index (κ2) is 5.56. The standard InChI is InChI=1S/C13H17NO2S/c1-11(14-7-9-17(16)10-8-14)13(15)12-5-3-2-4-6-12/h2-6,11H,7-10H2,1H3. The smallest absolute Gasteiger partial charge is 0.179 e. The van der Waals surface area contributed by atoms with E-state index in [4.69, 9.17) is 0 Å². The summed E-state index contributed by atoms with van der Waals surface area (Å²) < 4.78 is 11.3. The van der Waals surface area contributed by atoms with Crippen LogP contribution >= 0.6 is 0 Å². The molecule has 0 radical (unpaired) electrons. The van der Waals surface area contributed by atoms with Crippen LogP contribution in [0.3, 0.4) is 0 Å². The average molecular weight is 251 g/mol. The summed E-state index contributed by atoms with van der Waals surface area (Å²) >= 11 is 0. The third-order valence-electron chi connectivity index (χ3n) is 3.20. The zero-order valence-corrected chi connectivity index (χ0v) is 10.8. The first-order chi connectivity index (χ1) is 8.18. The monoisotopic (exact) mass is 251 g/mol. The Morgan fingerprint density at radius 1 is 1.24 bits per heavy atom. The van der Waals surface area contributed by atoms with Gasteiger partial charge in [0.05, 0.1) is 6.04 Å². The Hall–Kier alpha value is -1.00. The average Bonchev–Trinajstić information content (AvgIpc) is 2.39. The summed E-state index contributed by atoms with van der Waals surface area (Å²) in [7, 11) is -0.688. The molecule has 4 heteroatoms. The number of carbonyl (C=O) groups excluding carboxylic acids is 1. The largest absolute Gasteiger partial charge is 0.292 e. The molecule has 0 amide bonds. The van der Waals surface area contributed by atoms with Gasteiger partial charge in [-0.25, -0.2) is 0 Å². The first-order valence-electron chi connectivity index (χ1n) is 5.87. The van der Waals surface area contributed by atoms with E-state index in [0.29, 0.717) is 11.5 Å². The lowest BCUT2D eigenvalue weighted by Gasteiger charge is -2.31. The normalized spacial score (nSPS) is 20.1. The van der Waals surface area contributed by atoms with E-state index < -0.39 is 10.8 Å². The summed E-state index contributed by atoms with van der Waals surface area (Å²) in [4.78, 5) is 14.3. The van der Waals surface area contributed by atoms with Crippen LogP contribution in [-0.4, -0.2) is 45.5 Å². The SMILES string of the molecule is CC(C(=O)c1ccccc1)N1CCS(=O)CC1. The Labute approximate surface area is 104 Å². The molecule has 1 aromatic rings. The lowest BCUT2D eigenvalue weighted by atomic mass is 10.0. The molecule has 1 heterocycles. The Balaban J connectivity index is 2.03. The van der Waals surface area contributed by atoms with E-state index in [0.717, 1.165) is 18.7 Å². The highest BCUT2D eigenvalue weighted by molar-refractivity contribution is 7.85. The molecule has 1 aliphatic heterocycles. The summed E-state index contributed by atoms with van der Waals surface area (Å²) in [5.74, 6) is 1.53. The van der Waals surface area contributed by atoms with Crippen LogP contribution in [0.1, 0.15) is 17.3 Å². The topological polar surface area (TPSA) is 37.4 Å². The van der Waals surface area contributed by atoms with Gasteiger partial charge in [0.1, 0.15) is 0 Å². The van der Waals surface area contributed by atoms with E-state index in [1.54, 1.807) is 0 Å². The van der Waals surface area contributed by atoms with Crippen LogP contribution in [0, 0.1) is 0 Å². The molecule has 17 heavy (non-hydrogen) atoms. The Morgan fingerprint density at radius 2 is 1.82 bits per heavy atom. The first kappa shape index (κ1) is 12.5. The van der Waals surface area contributed by atoms with E-state index in [9.17, 15) is 9.00 Å². The van der Waals surface area contributed by atoms with Crippen molar-refractivity contribution < 1.29 is 9.00 Å². The van der Waals surface area contributed by atoms with Crippen molar-refractivity contribution in [2.75, 3.05) is 24.6 Å². The molecular weight excluding hydrogens is 234 g/mol. The molecule has 0 saturated carbocycles. The number of nitrogens with zero attached hydrogens (tertiary/aromatic N) is 1. The van der Waals surface area contributed by atoms with E-state index in [1.807, 2.05) is 37.3 Å². The van der Waals surface area contributed by atoms with Gasteiger partial charge in [-0.2, -0.15) is 0 Å². The fourth-order valence-electron chi connectivity index (χ4n) is 2.05. The number of hydrogen-bond acceptors (Lipinski definition) is 3. The Bertz CT molecular complexity index is 409. The number of carbonyl (C=O) groups is 1. The molecule has 2 rings (SSSR count). The van der Waals surface area contributed by atoms with Crippen molar-refractivity contribution in [1.29, 1.82) is 0 Å². The number of rotatable bonds is 3. The molecule has 0 bridgehead atoms. The highest BCUT2D eigenvalue weighted by Gasteiger charge is 2.25. The van der Waals surface area contributed by atoms with Crippen molar-refractivity contribution in [3.8, 4) is 0 Å². The Morgan fingerprint density at radius 3 is 2.41 bits per heavy atom. The first-order valence-corrected chi connectivity index (χ1v) is 7.35. The minimum absolute atomic E-state index is 0.116. The van der Waals surface area contributed by atoms with E-state index in [-0.39, 0.29) is 11.8 Å². The summed E-state index contributed by atoms with van der Waals surface area (Å²) in [6.45, 7) is 3.45. The molecule has 0 aliphatic carbocycles. The second-order valence-corrected chi connectivity index (χ2v) is 5.99. The fraction of sp³-hybridized carbons (Fsp3) is 0.462. The van der Waals surface area contributed by atoms with Gasteiger partial charge in [-0.15, -0.1) is 0 Å². The molecule has 1 unspecified atom stereocenters. The highest BCUT2D eigenvalue weighted by atomic mass is 32.2. The summed E-state index contributed by atoms with van der Waals surface area (Å²) in [5, 5.41) is 0. The van der Waals surface area contributed by atoms with Crippen LogP contribution < -0.4 is 0 Å². The molecule has 1 atom stereocenters. The van der Waals surface area contributed by atoms with Crippen molar-refractivity contribution in [3.63, 3.8) is 0 Å². The van der Waals surface area contributed by atoms with Crippen molar-refractivity contribution in [2.24, 2.45) is 0 Å². The molecule has 1 saturated heterocycles. The maximum Gasteiger partial charge on any atom is 0.179 e. The maximum absolute atomic E-state index is 12.2. The van der Waals surface area contributed by atoms with Crippen LogP contribution in [0.15, 0.2) is 30.3 Å². The van der Waals surface area contributed by atoms with Crippen LogP contribution in [-0.2, 0) is 10.8 Å². The molecule has 1 aliphatic rings. The number of hydrogen-bond donors (Lipinski definition) is 0. The molecule has 1 aromatic carbocycles. The molecule has 0 N–H and O–H groups in total. The van der Waals surface area contributed by atoms with Gasteiger partial charge in [-0.1, -0.05) is 30.3 Å². The highest BCUT2D eigenvalue weighted by Crippen LogP contribution is 2.11. The van der Waals surface area contributed by atoms with Gasteiger partial charge < -0.3 is 0 Å². The van der Waals surface area contributed by atoms with E-state index in [2.05, 4.69) is 4.90 Å². The Kier molecular flexibility index (Phi) is 4.07. The molecule has 3 nitrogen and oxygen atoms in total. The van der Waals surface area contributed by atoms with Crippen molar-refractivity contribution in [2.45, 2.75) is 13.0 Å². The third kappa shape index (κ3) is 3.01. The quantitative estimate of drug-likeness (QED) is 0.760.